The maximum atomic E-state index is 12.3. The summed E-state index contributed by atoms with van der Waals surface area (Å²) in [5.74, 6) is -0.0509. The standard InChI is InChI=1S/C16H13BrN4O3S2/c1-8-9(2)26-16-14(8)15(18-7-19-16)25-6-13(22)20-12-4-3-10(21(23)24)5-11(12)17/h3-5,7H,6H2,1-2H3,(H,20,22). The molecule has 10 heteroatoms. The number of nitrogens with one attached hydrogen (secondary N) is 1. The summed E-state index contributed by atoms with van der Waals surface area (Å²) in [5.41, 5.74) is 1.57. The highest BCUT2D eigenvalue weighted by Crippen LogP contribution is 2.34. The van der Waals surface area contributed by atoms with E-state index in [2.05, 4.69) is 31.2 Å². The van der Waals surface area contributed by atoms with Gasteiger partial charge in [0.25, 0.3) is 5.69 Å². The molecule has 0 radical (unpaired) electrons. The van der Waals surface area contributed by atoms with E-state index in [0.717, 1.165) is 20.8 Å². The number of amides is 1. The fourth-order valence-corrected chi connectivity index (χ4v) is 4.68. The molecule has 1 amide bonds. The smallest absolute Gasteiger partial charge is 0.270 e. The molecule has 0 unspecified atom stereocenters. The molecule has 3 rings (SSSR count). The Morgan fingerprint density at radius 1 is 1.38 bits per heavy atom. The van der Waals surface area contributed by atoms with Crippen LogP contribution in [0.5, 0.6) is 0 Å². The Labute approximate surface area is 165 Å². The number of benzene rings is 1. The van der Waals surface area contributed by atoms with Crippen LogP contribution in [0.2, 0.25) is 0 Å². The largest absolute Gasteiger partial charge is 0.324 e. The van der Waals surface area contributed by atoms with Gasteiger partial charge in [-0.1, -0.05) is 11.8 Å². The number of anilines is 1. The summed E-state index contributed by atoms with van der Waals surface area (Å²) < 4.78 is 0.457. The van der Waals surface area contributed by atoms with E-state index >= 15 is 0 Å². The second-order valence-electron chi connectivity index (χ2n) is 5.40. The Hall–Kier alpha value is -2.04. The first-order valence-electron chi connectivity index (χ1n) is 7.44. The van der Waals surface area contributed by atoms with Crippen molar-refractivity contribution >= 4 is 66.5 Å². The number of thioether (sulfide) groups is 1. The predicted octanol–water partition coefficient (Wildman–Crippen LogP) is 4.71. The quantitative estimate of drug-likeness (QED) is 0.260. The molecule has 1 aromatic carbocycles. The van der Waals surface area contributed by atoms with Crippen LogP contribution >= 0.6 is 39.0 Å². The van der Waals surface area contributed by atoms with E-state index in [1.165, 1.54) is 41.2 Å². The van der Waals surface area contributed by atoms with Gasteiger partial charge in [0.1, 0.15) is 16.2 Å². The highest BCUT2D eigenvalue weighted by Gasteiger charge is 2.15. The Bertz CT molecular complexity index is 1020. The number of hydrogen-bond donors (Lipinski definition) is 1. The van der Waals surface area contributed by atoms with E-state index in [9.17, 15) is 14.9 Å². The van der Waals surface area contributed by atoms with Gasteiger partial charge in [0.05, 0.1) is 16.4 Å². The van der Waals surface area contributed by atoms with Gasteiger partial charge in [-0.25, -0.2) is 9.97 Å². The van der Waals surface area contributed by atoms with Crippen LogP contribution in [0, 0.1) is 24.0 Å². The molecule has 3 aromatic rings. The van der Waals surface area contributed by atoms with E-state index < -0.39 is 4.92 Å². The van der Waals surface area contributed by atoms with E-state index in [-0.39, 0.29) is 17.3 Å². The first-order valence-corrected chi connectivity index (χ1v) is 10.0. The highest BCUT2D eigenvalue weighted by molar-refractivity contribution is 9.10. The van der Waals surface area contributed by atoms with Crippen molar-refractivity contribution in [3.8, 4) is 0 Å². The summed E-state index contributed by atoms with van der Waals surface area (Å²) in [6.07, 6.45) is 1.50. The van der Waals surface area contributed by atoms with Crippen LogP contribution in [0.3, 0.4) is 0 Å². The SMILES string of the molecule is Cc1sc2ncnc(SCC(=O)Nc3ccc([N+](=O)[O-])cc3Br)c2c1C. The monoisotopic (exact) mass is 452 g/mol. The number of aryl methyl sites for hydroxylation is 2. The fourth-order valence-electron chi connectivity index (χ4n) is 2.30. The lowest BCUT2D eigenvalue weighted by molar-refractivity contribution is -0.384. The van der Waals surface area contributed by atoms with Gasteiger partial charge in [-0.15, -0.1) is 11.3 Å². The van der Waals surface area contributed by atoms with Crippen molar-refractivity contribution in [1.82, 2.24) is 9.97 Å². The average Bonchev–Trinajstić information content (AvgIpc) is 2.89. The van der Waals surface area contributed by atoms with Gasteiger partial charge in [0.15, 0.2) is 0 Å². The van der Waals surface area contributed by atoms with Gasteiger partial charge in [-0.3, -0.25) is 14.9 Å². The molecule has 0 saturated carbocycles. The van der Waals surface area contributed by atoms with Gasteiger partial charge in [-0.2, -0.15) is 0 Å². The number of thiophene rings is 1. The molecule has 0 saturated heterocycles. The van der Waals surface area contributed by atoms with Crippen molar-refractivity contribution in [3.63, 3.8) is 0 Å². The maximum Gasteiger partial charge on any atom is 0.270 e. The summed E-state index contributed by atoms with van der Waals surface area (Å²) in [7, 11) is 0. The molecule has 0 aliphatic rings. The number of rotatable bonds is 5. The van der Waals surface area contributed by atoms with Crippen molar-refractivity contribution in [1.29, 1.82) is 0 Å². The zero-order valence-electron chi connectivity index (χ0n) is 13.8. The zero-order valence-corrected chi connectivity index (χ0v) is 17.0. The predicted molar refractivity (Wildman–Crippen MR) is 107 cm³/mol. The van der Waals surface area contributed by atoms with Crippen molar-refractivity contribution < 1.29 is 9.72 Å². The minimum atomic E-state index is -0.488. The third-order valence-electron chi connectivity index (χ3n) is 3.71. The number of nitrogens with zero attached hydrogens (tertiary/aromatic N) is 3. The van der Waals surface area contributed by atoms with Crippen molar-refractivity contribution in [3.05, 3.63) is 49.6 Å². The summed E-state index contributed by atoms with van der Waals surface area (Å²) in [6, 6.07) is 4.20. The molecule has 7 nitrogen and oxygen atoms in total. The number of carbonyl (C=O) groups excluding carboxylic acids is 1. The van der Waals surface area contributed by atoms with E-state index in [1.54, 1.807) is 11.3 Å². The van der Waals surface area contributed by atoms with Gasteiger partial charge >= 0.3 is 0 Å². The van der Waals surface area contributed by atoms with Crippen molar-refractivity contribution in [2.75, 3.05) is 11.1 Å². The van der Waals surface area contributed by atoms with Crippen LogP contribution in [0.1, 0.15) is 10.4 Å². The summed E-state index contributed by atoms with van der Waals surface area (Å²) in [4.78, 5) is 33.2. The zero-order chi connectivity index (χ0) is 18.8. The van der Waals surface area contributed by atoms with Crippen LogP contribution < -0.4 is 5.32 Å². The molecule has 2 heterocycles. The number of nitro groups is 1. The third kappa shape index (κ3) is 3.87. The summed E-state index contributed by atoms with van der Waals surface area (Å²) in [5, 5.41) is 15.3. The number of fused-ring (bicyclic) bond motifs is 1. The van der Waals surface area contributed by atoms with Crippen LogP contribution in [0.25, 0.3) is 10.2 Å². The molecule has 134 valence electrons. The topological polar surface area (TPSA) is 98.0 Å². The number of hydrogen-bond acceptors (Lipinski definition) is 7. The Morgan fingerprint density at radius 2 is 2.15 bits per heavy atom. The minimum Gasteiger partial charge on any atom is -0.324 e. The van der Waals surface area contributed by atoms with Gasteiger partial charge < -0.3 is 5.32 Å². The van der Waals surface area contributed by atoms with Crippen LogP contribution in [0.15, 0.2) is 34.0 Å². The number of halogens is 1. The first-order chi connectivity index (χ1) is 12.4. The van der Waals surface area contributed by atoms with E-state index in [4.69, 9.17) is 0 Å². The van der Waals surface area contributed by atoms with Gasteiger partial charge in [0.2, 0.25) is 5.91 Å². The lowest BCUT2D eigenvalue weighted by Gasteiger charge is -2.07. The van der Waals surface area contributed by atoms with Crippen LogP contribution in [0.4, 0.5) is 11.4 Å². The molecule has 26 heavy (non-hydrogen) atoms. The van der Waals surface area contributed by atoms with Crippen LogP contribution in [-0.4, -0.2) is 26.6 Å². The fraction of sp³-hybridized carbons (Fsp3) is 0.188. The maximum absolute atomic E-state index is 12.3. The first kappa shape index (κ1) is 18.7. The van der Waals surface area contributed by atoms with E-state index in [0.29, 0.717) is 10.2 Å². The molecule has 0 atom stereocenters. The Kier molecular flexibility index (Phi) is 5.54. The third-order valence-corrected chi connectivity index (χ3v) is 6.47. The minimum absolute atomic E-state index is 0.0454. The number of nitro benzene ring substituents is 1. The van der Waals surface area contributed by atoms with Crippen LogP contribution in [-0.2, 0) is 4.79 Å². The number of non-ortho nitro benzene ring substituents is 1. The van der Waals surface area contributed by atoms with Crippen molar-refractivity contribution in [2.45, 2.75) is 18.9 Å². The van der Waals surface area contributed by atoms with Gasteiger partial charge in [0, 0.05) is 26.9 Å². The molecule has 1 N–H and O–H groups in total. The second kappa shape index (κ2) is 7.68. The lowest BCUT2D eigenvalue weighted by Crippen LogP contribution is -2.14. The summed E-state index contributed by atoms with van der Waals surface area (Å²) >= 11 is 6.19. The van der Waals surface area contributed by atoms with Crippen molar-refractivity contribution in [2.24, 2.45) is 0 Å². The molecule has 0 fully saturated rings. The Balaban J connectivity index is 1.71. The second-order valence-corrected chi connectivity index (χ2v) is 8.42. The molecule has 2 aromatic heterocycles. The molecule has 0 bridgehead atoms. The number of carbonyl (C=O) groups is 1. The molecular weight excluding hydrogens is 440 g/mol. The molecule has 0 aliphatic carbocycles. The number of aromatic nitrogens is 2. The lowest BCUT2D eigenvalue weighted by atomic mass is 10.2. The van der Waals surface area contributed by atoms with Gasteiger partial charge in [-0.05, 0) is 41.4 Å². The highest BCUT2D eigenvalue weighted by atomic mass is 79.9. The van der Waals surface area contributed by atoms with E-state index in [1.807, 2.05) is 13.8 Å². The summed E-state index contributed by atoms with van der Waals surface area (Å²) in [6.45, 7) is 4.06. The molecular formula is C16H13BrN4O3S2. The molecule has 0 spiro atoms. The average molecular weight is 453 g/mol. The normalized spacial score (nSPS) is 10.9. The Morgan fingerprint density at radius 3 is 2.85 bits per heavy atom. The molecule has 0 aliphatic heterocycles.